The van der Waals surface area contributed by atoms with Crippen LogP contribution in [0.5, 0.6) is 5.75 Å². The van der Waals surface area contributed by atoms with E-state index in [4.69, 9.17) is 16.7 Å². The fourth-order valence-electron chi connectivity index (χ4n) is 1.02. The van der Waals surface area contributed by atoms with Gasteiger partial charge in [-0.05, 0) is 24.6 Å². The molecule has 0 fully saturated rings. The van der Waals surface area contributed by atoms with Gasteiger partial charge in [-0.2, -0.15) is 0 Å². The van der Waals surface area contributed by atoms with Crippen molar-refractivity contribution in [2.75, 3.05) is 6.61 Å². The third-order valence-electron chi connectivity index (χ3n) is 1.94. The van der Waals surface area contributed by atoms with E-state index >= 15 is 0 Å². The molecule has 0 radical (unpaired) electrons. The van der Waals surface area contributed by atoms with E-state index in [-0.39, 0.29) is 18.4 Å². The highest BCUT2D eigenvalue weighted by Gasteiger charge is 2.02. The standard InChI is InChI=1S/C10H14ClNO2/c1-7(6-13)12-5-8-2-3-10(14)9(11)4-8/h2-4,7,12-14H,5-6H2,1H3. The van der Waals surface area contributed by atoms with Crippen molar-refractivity contribution in [1.82, 2.24) is 5.32 Å². The van der Waals surface area contributed by atoms with Gasteiger partial charge in [0.1, 0.15) is 5.75 Å². The average Bonchev–Trinajstić information content (AvgIpc) is 2.19. The zero-order valence-corrected chi connectivity index (χ0v) is 8.75. The molecule has 0 aliphatic carbocycles. The van der Waals surface area contributed by atoms with Crippen LogP contribution in [-0.4, -0.2) is 22.9 Å². The molecule has 0 spiro atoms. The molecule has 0 bridgehead atoms. The zero-order chi connectivity index (χ0) is 10.6. The van der Waals surface area contributed by atoms with E-state index in [2.05, 4.69) is 5.32 Å². The van der Waals surface area contributed by atoms with Crippen molar-refractivity contribution >= 4 is 11.6 Å². The first-order valence-corrected chi connectivity index (χ1v) is 4.83. The van der Waals surface area contributed by atoms with Crippen molar-refractivity contribution in [3.8, 4) is 5.75 Å². The van der Waals surface area contributed by atoms with Crippen LogP contribution in [0.15, 0.2) is 18.2 Å². The summed E-state index contributed by atoms with van der Waals surface area (Å²) in [5, 5.41) is 21.4. The number of hydrogen-bond acceptors (Lipinski definition) is 3. The number of phenolic OH excluding ortho intramolecular Hbond substituents is 1. The summed E-state index contributed by atoms with van der Waals surface area (Å²) in [6.45, 7) is 2.62. The quantitative estimate of drug-likeness (QED) is 0.714. The predicted molar refractivity (Wildman–Crippen MR) is 56.5 cm³/mol. The van der Waals surface area contributed by atoms with E-state index in [1.165, 1.54) is 0 Å². The lowest BCUT2D eigenvalue weighted by molar-refractivity contribution is 0.251. The Kier molecular flexibility index (Phi) is 4.20. The topological polar surface area (TPSA) is 52.5 Å². The normalized spacial score (nSPS) is 12.8. The Morgan fingerprint density at radius 3 is 2.79 bits per heavy atom. The van der Waals surface area contributed by atoms with Crippen LogP contribution >= 0.6 is 11.6 Å². The molecule has 0 aromatic heterocycles. The Balaban J connectivity index is 2.55. The lowest BCUT2D eigenvalue weighted by atomic mass is 10.2. The Hall–Kier alpha value is -0.770. The number of hydrogen-bond donors (Lipinski definition) is 3. The molecule has 3 nitrogen and oxygen atoms in total. The fraction of sp³-hybridized carbons (Fsp3) is 0.400. The summed E-state index contributed by atoms with van der Waals surface area (Å²) < 4.78 is 0. The second kappa shape index (κ2) is 5.20. The van der Waals surface area contributed by atoms with E-state index in [0.717, 1.165) is 5.56 Å². The van der Waals surface area contributed by atoms with E-state index in [0.29, 0.717) is 11.6 Å². The Bertz CT molecular complexity index is 304. The number of aliphatic hydroxyl groups excluding tert-OH is 1. The summed E-state index contributed by atoms with van der Waals surface area (Å²) >= 11 is 5.74. The van der Waals surface area contributed by atoms with Crippen LogP contribution in [0.25, 0.3) is 0 Å². The molecule has 4 heteroatoms. The third kappa shape index (κ3) is 3.18. The van der Waals surface area contributed by atoms with Crippen LogP contribution in [-0.2, 0) is 6.54 Å². The molecule has 0 amide bonds. The van der Waals surface area contributed by atoms with Gasteiger partial charge in [-0.25, -0.2) is 0 Å². The minimum absolute atomic E-state index is 0.0579. The monoisotopic (exact) mass is 215 g/mol. The number of phenols is 1. The maximum absolute atomic E-state index is 9.17. The van der Waals surface area contributed by atoms with Gasteiger partial charge >= 0.3 is 0 Å². The number of aromatic hydroxyl groups is 1. The molecule has 0 saturated heterocycles. The highest BCUT2D eigenvalue weighted by atomic mass is 35.5. The summed E-state index contributed by atoms with van der Waals surface area (Å²) in [4.78, 5) is 0. The molecule has 1 atom stereocenters. The van der Waals surface area contributed by atoms with Crippen molar-refractivity contribution in [2.24, 2.45) is 0 Å². The smallest absolute Gasteiger partial charge is 0.134 e. The van der Waals surface area contributed by atoms with Crippen molar-refractivity contribution in [1.29, 1.82) is 0 Å². The van der Waals surface area contributed by atoms with E-state index < -0.39 is 0 Å². The fourth-order valence-corrected chi connectivity index (χ4v) is 1.22. The van der Waals surface area contributed by atoms with Gasteiger partial charge in [0.25, 0.3) is 0 Å². The summed E-state index contributed by atoms with van der Waals surface area (Å²) in [5.74, 6) is 0.0885. The third-order valence-corrected chi connectivity index (χ3v) is 2.24. The molecule has 1 aromatic carbocycles. The minimum Gasteiger partial charge on any atom is -0.506 e. The zero-order valence-electron chi connectivity index (χ0n) is 8.00. The Labute approximate surface area is 88.3 Å². The van der Waals surface area contributed by atoms with Gasteiger partial charge in [-0.3, -0.25) is 0 Å². The van der Waals surface area contributed by atoms with Crippen molar-refractivity contribution in [2.45, 2.75) is 19.5 Å². The second-order valence-electron chi connectivity index (χ2n) is 3.25. The lowest BCUT2D eigenvalue weighted by Gasteiger charge is -2.10. The van der Waals surface area contributed by atoms with Crippen LogP contribution in [0.1, 0.15) is 12.5 Å². The van der Waals surface area contributed by atoms with Crippen molar-refractivity contribution in [3.05, 3.63) is 28.8 Å². The first-order chi connectivity index (χ1) is 6.63. The molecule has 1 rings (SSSR count). The van der Waals surface area contributed by atoms with Crippen LogP contribution in [0.2, 0.25) is 5.02 Å². The van der Waals surface area contributed by atoms with Gasteiger partial charge in [-0.15, -0.1) is 0 Å². The molecular weight excluding hydrogens is 202 g/mol. The molecule has 0 heterocycles. The Morgan fingerprint density at radius 1 is 1.50 bits per heavy atom. The molecule has 1 aromatic rings. The largest absolute Gasteiger partial charge is 0.506 e. The van der Waals surface area contributed by atoms with E-state index in [1.807, 2.05) is 6.92 Å². The van der Waals surface area contributed by atoms with Gasteiger partial charge in [0.2, 0.25) is 0 Å². The van der Waals surface area contributed by atoms with Crippen molar-refractivity contribution in [3.63, 3.8) is 0 Å². The Morgan fingerprint density at radius 2 is 2.21 bits per heavy atom. The van der Waals surface area contributed by atoms with Crippen molar-refractivity contribution < 1.29 is 10.2 Å². The van der Waals surface area contributed by atoms with Crippen LogP contribution < -0.4 is 5.32 Å². The number of nitrogens with one attached hydrogen (secondary N) is 1. The van der Waals surface area contributed by atoms with Crippen LogP contribution in [0, 0.1) is 0 Å². The average molecular weight is 216 g/mol. The molecule has 1 unspecified atom stereocenters. The molecular formula is C10H14ClNO2. The van der Waals surface area contributed by atoms with Gasteiger partial charge in [0, 0.05) is 12.6 Å². The summed E-state index contributed by atoms with van der Waals surface area (Å²) in [6, 6.07) is 5.11. The predicted octanol–water partition coefficient (Wildman–Crippen LogP) is 1.52. The van der Waals surface area contributed by atoms with Gasteiger partial charge in [-0.1, -0.05) is 17.7 Å². The van der Waals surface area contributed by atoms with Gasteiger partial charge < -0.3 is 15.5 Å². The second-order valence-corrected chi connectivity index (χ2v) is 3.66. The number of halogens is 1. The maximum Gasteiger partial charge on any atom is 0.134 e. The molecule has 0 aliphatic rings. The first-order valence-electron chi connectivity index (χ1n) is 4.45. The first kappa shape index (κ1) is 11.3. The number of benzene rings is 1. The van der Waals surface area contributed by atoms with E-state index in [1.54, 1.807) is 18.2 Å². The summed E-state index contributed by atoms with van der Waals surface area (Å²) in [7, 11) is 0. The molecule has 14 heavy (non-hydrogen) atoms. The maximum atomic E-state index is 9.17. The molecule has 0 aliphatic heterocycles. The van der Waals surface area contributed by atoms with Gasteiger partial charge in [0.15, 0.2) is 0 Å². The van der Waals surface area contributed by atoms with Crippen LogP contribution in [0.4, 0.5) is 0 Å². The molecule has 0 saturated carbocycles. The van der Waals surface area contributed by atoms with Crippen LogP contribution in [0.3, 0.4) is 0 Å². The highest BCUT2D eigenvalue weighted by molar-refractivity contribution is 6.32. The minimum atomic E-state index is 0.0579. The molecule has 3 N–H and O–H groups in total. The highest BCUT2D eigenvalue weighted by Crippen LogP contribution is 2.23. The summed E-state index contributed by atoms with van der Waals surface area (Å²) in [5.41, 5.74) is 0.980. The number of rotatable bonds is 4. The SMILES string of the molecule is CC(CO)NCc1ccc(O)c(Cl)c1. The number of aliphatic hydroxyl groups is 1. The van der Waals surface area contributed by atoms with Gasteiger partial charge in [0.05, 0.1) is 11.6 Å². The summed E-state index contributed by atoms with van der Waals surface area (Å²) in [6.07, 6.45) is 0. The lowest BCUT2D eigenvalue weighted by Crippen LogP contribution is -2.28. The van der Waals surface area contributed by atoms with E-state index in [9.17, 15) is 5.11 Å². The molecule has 78 valence electrons.